The van der Waals surface area contributed by atoms with E-state index in [-0.39, 0.29) is 56.3 Å². The summed E-state index contributed by atoms with van der Waals surface area (Å²) in [5.74, 6) is 0. The molecule has 0 aromatic heterocycles. The molecule has 0 spiro atoms. The van der Waals surface area contributed by atoms with Crippen LogP contribution in [0.25, 0.3) is 6.08 Å². The maximum absolute atomic E-state index is 10.8. The minimum atomic E-state index is -3.56. The summed E-state index contributed by atoms with van der Waals surface area (Å²) in [7, 11) is -3.56. The number of hydrogen-bond acceptors (Lipinski definition) is 2. The molecule has 0 aliphatic carbocycles. The summed E-state index contributed by atoms with van der Waals surface area (Å²) in [5.41, 5.74) is 0.863. The molecule has 3 nitrogen and oxygen atoms in total. The first-order valence-electron chi connectivity index (χ1n) is 3.29. The first-order chi connectivity index (χ1) is 5.54. The molecule has 0 atom stereocenters. The Labute approximate surface area is 120 Å². The second-order valence-corrected chi connectivity index (χ2v) is 3.88. The van der Waals surface area contributed by atoms with Crippen LogP contribution < -0.4 is 56.5 Å². The first kappa shape index (κ1) is 13.5. The van der Waals surface area contributed by atoms with Crippen molar-refractivity contribution in [2.75, 3.05) is 0 Å². The number of benzene rings is 1. The summed E-state index contributed by atoms with van der Waals surface area (Å²) in [6, 6.07) is 6.19. The molecule has 0 fully saturated rings. The van der Waals surface area contributed by atoms with Crippen molar-refractivity contribution in [2.45, 2.75) is 4.90 Å². The largest absolute Gasteiger partial charge is 1.00 e. The van der Waals surface area contributed by atoms with Crippen molar-refractivity contribution in [1.82, 2.24) is 0 Å². The Morgan fingerprint density at radius 2 is 1.69 bits per heavy atom. The Morgan fingerprint density at radius 1 is 1.23 bits per heavy atom. The molecule has 5 heteroatoms. The van der Waals surface area contributed by atoms with E-state index in [9.17, 15) is 8.42 Å². The number of sulfonamides is 1. The summed E-state index contributed by atoms with van der Waals surface area (Å²) in [6.45, 7) is 3.54. The summed E-state index contributed by atoms with van der Waals surface area (Å²) < 4.78 is 21.6. The van der Waals surface area contributed by atoms with Crippen LogP contribution in [0.3, 0.4) is 0 Å². The van der Waals surface area contributed by atoms with E-state index in [0.717, 1.165) is 5.56 Å². The molecule has 0 amide bonds. The summed E-state index contributed by atoms with van der Waals surface area (Å²) >= 11 is 0. The van der Waals surface area contributed by atoms with Gasteiger partial charge in [0, 0.05) is 0 Å². The minimum Gasteiger partial charge on any atom is -0.225 e. The van der Waals surface area contributed by atoms with Crippen molar-refractivity contribution in [2.24, 2.45) is 5.14 Å². The third kappa shape index (κ3) is 4.03. The maximum Gasteiger partial charge on any atom is 1.00 e. The molecule has 0 heterocycles. The molecule has 13 heavy (non-hydrogen) atoms. The quantitative estimate of drug-likeness (QED) is 0.587. The van der Waals surface area contributed by atoms with E-state index in [1.165, 1.54) is 12.1 Å². The van der Waals surface area contributed by atoms with Gasteiger partial charge in [0.15, 0.2) is 0 Å². The first-order valence-corrected chi connectivity index (χ1v) is 4.84. The van der Waals surface area contributed by atoms with Crippen molar-refractivity contribution in [3.63, 3.8) is 0 Å². The Morgan fingerprint density at radius 3 is 2.00 bits per heavy atom. The van der Waals surface area contributed by atoms with Crippen LogP contribution in [-0.2, 0) is 10.0 Å². The van der Waals surface area contributed by atoms with Gasteiger partial charge in [-0.15, -0.1) is 0 Å². The predicted octanol–water partition coefficient (Wildman–Crippen LogP) is -2.02. The van der Waals surface area contributed by atoms with Gasteiger partial charge in [-0.25, -0.2) is 13.6 Å². The molecule has 1 aromatic carbocycles. The molecule has 0 aliphatic rings. The van der Waals surface area contributed by atoms with E-state index in [4.69, 9.17) is 5.14 Å². The Bertz CT molecular complexity index is 383. The van der Waals surface area contributed by atoms with Crippen LogP contribution in [0.2, 0.25) is 0 Å². The van der Waals surface area contributed by atoms with Crippen LogP contribution in [0.15, 0.2) is 35.7 Å². The van der Waals surface area contributed by atoms with Gasteiger partial charge in [-0.1, -0.05) is 24.8 Å². The fraction of sp³-hybridized carbons (Fsp3) is 0. The van der Waals surface area contributed by atoms with Crippen LogP contribution in [0, 0.1) is 0 Å². The molecule has 64 valence electrons. The summed E-state index contributed by atoms with van der Waals surface area (Å²) in [4.78, 5) is 0.119. The number of hydrogen-bond donors (Lipinski definition) is 1. The van der Waals surface area contributed by atoms with Crippen LogP contribution in [0.1, 0.15) is 5.56 Å². The van der Waals surface area contributed by atoms with Crippen molar-refractivity contribution in [3.05, 3.63) is 36.4 Å². The van der Waals surface area contributed by atoms with Gasteiger partial charge < -0.3 is 0 Å². The third-order valence-electron chi connectivity index (χ3n) is 1.44. The Kier molecular flexibility index (Phi) is 5.61. The van der Waals surface area contributed by atoms with Gasteiger partial charge in [0.2, 0.25) is 10.0 Å². The summed E-state index contributed by atoms with van der Waals surface area (Å²) in [5, 5.41) is 4.89. The second-order valence-electron chi connectivity index (χ2n) is 2.32. The van der Waals surface area contributed by atoms with E-state index < -0.39 is 10.0 Å². The van der Waals surface area contributed by atoms with Gasteiger partial charge >= 0.3 is 51.4 Å². The molecule has 2 N–H and O–H groups in total. The van der Waals surface area contributed by atoms with Crippen LogP contribution >= 0.6 is 0 Å². The monoisotopic (exact) mass is 222 g/mol. The Balaban J connectivity index is 0.00000144. The second kappa shape index (κ2) is 5.40. The van der Waals surface area contributed by atoms with Crippen molar-refractivity contribution in [3.8, 4) is 0 Å². The molecule has 0 aliphatic heterocycles. The van der Waals surface area contributed by atoms with Crippen LogP contribution in [0.4, 0.5) is 0 Å². The van der Waals surface area contributed by atoms with Gasteiger partial charge in [-0.2, -0.15) is 0 Å². The molecule has 0 unspecified atom stereocenters. The molecule has 1 aromatic rings. The zero-order chi connectivity index (χ0) is 9.19. The molecule has 0 saturated carbocycles. The third-order valence-corrected chi connectivity index (χ3v) is 2.37. The van der Waals surface area contributed by atoms with Gasteiger partial charge in [-0.05, 0) is 17.7 Å². The van der Waals surface area contributed by atoms with Gasteiger partial charge in [-0.3, -0.25) is 0 Å². The average Bonchev–Trinajstić information content (AvgIpc) is 2.03. The van der Waals surface area contributed by atoms with E-state index in [0.29, 0.717) is 0 Å². The van der Waals surface area contributed by atoms with Crippen LogP contribution in [0.5, 0.6) is 0 Å². The fourth-order valence-corrected chi connectivity index (χ4v) is 1.31. The number of rotatable bonds is 2. The summed E-state index contributed by atoms with van der Waals surface area (Å²) in [6.07, 6.45) is 1.63. The molecule has 0 radical (unpaired) electrons. The normalized spacial score (nSPS) is 10.2. The average molecular weight is 222 g/mol. The zero-order valence-electron chi connectivity index (χ0n) is 7.40. The zero-order valence-corrected chi connectivity index (χ0v) is 11.3. The van der Waals surface area contributed by atoms with Gasteiger partial charge in [0.25, 0.3) is 0 Å². The SMILES string of the molecule is C=Cc1ccc(S(N)(=O)=O)cc1.[K+]. The molecular formula is C8H9KNO2S+. The molecule has 0 saturated heterocycles. The molecule has 0 bridgehead atoms. The van der Waals surface area contributed by atoms with Crippen molar-refractivity contribution >= 4 is 16.1 Å². The number of primary sulfonamides is 1. The van der Waals surface area contributed by atoms with Crippen molar-refractivity contribution in [1.29, 1.82) is 0 Å². The van der Waals surface area contributed by atoms with Gasteiger partial charge in [0.05, 0.1) is 4.90 Å². The topological polar surface area (TPSA) is 60.2 Å². The van der Waals surface area contributed by atoms with E-state index in [1.807, 2.05) is 0 Å². The van der Waals surface area contributed by atoms with Gasteiger partial charge in [0.1, 0.15) is 0 Å². The van der Waals surface area contributed by atoms with E-state index in [2.05, 4.69) is 6.58 Å². The fourth-order valence-electron chi connectivity index (χ4n) is 0.794. The van der Waals surface area contributed by atoms with Crippen LogP contribution in [-0.4, -0.2) is 8.42 Å². The predicted molar refractivity (Wildman–Crippen MR) is 47.9 cm³/mol. The molecular weight excluding hydrogens is 213 g/mol. The van der Waals surface area contributed by atoms with E-state index in [1.54, 1.807) is 18.2 Å². The smallest absolute Gasteiger partial charge is 0.225 e. The number of nitrogens with two attached hydrogens (primary N) is 1. The van der Waals surface area contributed by atoms with E-state index >= 15 is 0 Å². The Hall–Kier alpha value is 0.506. The molecule has 1 rings (SSSR count). The van der Waals surface area contributed by atoms with Crippen molar-refractivity contribution < 1.29 is 59.8 Å². The minimum absolute atomic E-state index is 0. The standard InChI is InChI=1S/C8H9NO2S.K/c1-2-7-3-5-8(6-4-7)12(9,10)11;/h2-6H,1H2,(H2,9,10,11);/q;+1. The maximum atomic E-state index is 10.8.